The third-order valence-electron chi connectivity index (χ3n) is 4.25. The Morgan fingerprint density at radius 1 is 1.36 bits per heavy atom. The number of pyridine rings is 1. The second kappa shape index (κ2) is 6.33. The lowest BCUT2D eigenvalue weighted by Crippen LogP contribution is -2.25. The molecule has 4 rings (SSSR count). The van der Waals surface area contributed by atoms with Crippen molar-refractivity contribution >= 4 is 43.8 Å². The molecule has 4 aromatic rings. The highest BCUT2D eigenvalue weighted by molar-refractivity contribution is 9.10. The zero-order valence-electron chi connectivity index (χ0n) is 13.6. The standard InChI is InChI=1S/C18H16BrN5O/c1-24-17-12(10-23-24)7-13(9-22-17)18(25)20-6-5-11-8-21-15-4-2-3-14(19)16(11)15/h2-4,7-10,21H,5-6H2,1H3,(H,20,25). The lowest BCUT2D eigenvalue weighted by Gasteiger charge is -2.05. The van der Waals surface area contributed by atoms with E-state index in [1.54, 1.807) is 17.1 Å². The first-order chi connectivity index (χ1) is 12.1. The van der Waals surface area contributed by atoms with E-state index >= 15 is 0 Å². The molecule has 1 aromatic carbocycles. The van der Waals surface area contributed by atoms with Crippen LogP contribution in [0, 0.1) is 0 Å². The van der Waals surface area contributed by atoms with Crippen LogP contribution in [-0.4, -0.2) is 32.2 Å². The van der Waals surface area contributed by atoms with Gasteiger partial charge in [0.2, 0.25) is 0 Å². The van der Waals surface area contributed by atoms with Crippen molar-refractivity contribution in [3.63, 3.8) is 0 Å². The minimum absolute atomic E-state index is 0.128. The number of aromatic nitrogens is 4. The maximum atomic E-state index is 12.4. The second-order valence-corrected chi connectivity index (χ2v) is 6.74. The number of fused-ring (bicyclic) bond motifs is 2. The zero-order valence-corrected chi connectivity index (χ0v) is 15.2. The monoisotopic (exact) mass is 397 g/mol. The van der Waals surface area contributed by atoms with E-state index in [0.717, 1.165) is 32.8 Å². The number of H-pyrrole nitrogens is 1. The van der Waals surface area contributed by atoms with E-state index in [1.807, 2.05) is 37.5 Å². The van der Waals surface area contributed by atoms with Crippen LogP contribution in [0.15, 0.2) is 47.3 Å². The Bertz CT molecular complexity index is 1080. The number of nitrogens with one attached hydrogen (secondary N) is 2. The Hall–Kier alpha value is -2.67. The highest BCUT2D eigenvalue weighted by Crippen LogP contribution is 2.27. The molecule has 2 N–H and O–H groups in total. The predicted molar refractivity (Wildman–Crippen MR) is 101 cm³/mol. The fraction of sp³-hybridized carbons (Fsp3) is 0.167. The Labute approximate surface area is 152 Å². The average Bonchev–Trinajstić information content (AvgIpc) is 3.19. The molecule has 0 unspecified atom stereocenters. The molecule has 7 heteroatoms. The van der Waals surface area contributed by atoms with E-state index in [4.69, 9.17) is 0 Å². The molecule has 6 nitrogen and oxygen atoms in total. The zero-order chi connectivity index (χ0) is 17.4. The number of carbonyl (C=O) groups excluding carboxylic acids is 1. The molecular formula is C18H16BrN5O. The van der Waals surface area contributed by atoms with Crippen LogP contribution < -0.4 is 5.32 Å². The van der Waals surface area contributed by atoms with Crippen molar-refractivity contribution in [2.75, 3.05) is 6.54 Å². The Morgan fingerprint density at radius 2 is 2.24 bits per heavy atom. The van der Waals surface area contributed by atoms with Crippen molar-refractivity contribution in [1.29, 1.82) is 0 Å². The van der Waals surface area contributed by atoms with Gasteiger partial charge >= 0.3 is 0 Å². The number of amides is 1. The number of aromatic amines is 1. The molecule has 0 aliphatic heterocycles. The fourth-order valence-corrected chi connectivity index (χ4v) is 3.61. The SMILES string of the molecule is Cn1ncc2cc(C(=O)NCCc3c[nH]c4cccc(Br)c34)cnc21. The Morgan fingerprint density at radius 3 is 3.12 bits per heavy atom. The predicted octanol–water partition coefficient (Wildman–Crippen LogP) is 3.18. The number of nitrogens with zero attached hydrogens (tertiary/aromatic N) is 3. The number of halogens is 1. The molecule has 3 heterocycles. The molecule has 0 radical (unpaired) electrons. The lowest BCUT2D eigenvalue weighted by molar-refractivity contribution is 0.0954. The average molecular weight is 398 g/mol. The first-order valence-electron chi connectivity index (χ1n) is 7.94. The van der Waals surface area contributed by atoms with Gasteiger partial charge in [0.05, 0.1) is 11.8 Å². The molecule has 0 saturated carbocycles. The number of carbonyl (C=O) groups is 1. The summed E-state index contributed by atoms with van der Waals surface area (Å²) in [6.07, 6.45) is 6.03. The molecule has 3 aromatic heterocycles. The van der Waals surface area contributed by atoms with Gasteiger partial charge in [-0.3, -0.25) is 9.48 Å². The van der Waals surface area contributed by atoms with Crippen LogP contribution in [0.3, 0.4) is 0 Å². The van der Waals surface area contributed by atoms with E-state index < -0.39 is 0 Å². The normalized spacial score (nSPS) is 11.3. The summed E-state index contributed by atoms with van der Waals surface area (Å²) in [7, 11) is 1.83. The van der Waals surface area contributed by atoms with E-state index in [0.29, 0.717) is 12.1 Å². The van der Waals surface area contributed by atoms with Gasteiger partial charge in [-0.25, -0.2) is 4.98 Å². The van der Waals surface area contributed by atoms with Crippen LogP contribution >= 0.6 is 15.9 Å². The number of rotatable bonds is 4. The molecule has 0 aliphatic rings. The van der Waals surface area contributed by atoms with Gasteiger partial charge in [-0.1, -0.05) is 22.0 Å². The quantitative estimate of drug-likeness (QED) is 0.555. The summed E-state index contributed by atoms with van der Waals surface area (Å²) in [6.45, 7) is 0.554. The van der Waals surface area contributed by atoms with Crippen molar-refractivity contribution in [3.05, 3.63) is 58.5 Å². The van der Waals surface area contributed by atoms with Gasteiger partial charge in [-0.15, -0.1) is 0 Å². The minimum atomic E-state index is -0.128. The van der Waals surface area contributed by atoms with Crippen LogP contribution in [0.4, 0.5) is 0 Å². The number of hydrogen-bond donors (Lipinski definition) is 2. The molecule has 0 spiro atoms. The van der Waals surface area contributed by atoms with Gasteiger partial charge in [0.1, 0.15) is 0 Å². The van der Waals surface area contributed by atoms with Gasteiger partial charge in [-0.05, 0) is 30.2 Å². The van der Waals surface area contributed by atoms with Crippen LogP contribution in [0.1, 0.15) is 15.9 Å². The van der Waals surface area contributed by atoms with Gasteiger partial charge in [-0.2, -0.15) is 5.10 Å². The highest BCUT2D eigenvalue weighted by atomic mass is 79.9. The number of benzene rings is 1. The Kier molecular flexibility index (Phi) is 4.01. The van der Waals surface area contributed by atoms with Crippen molar-refractivity contribution in [1.82, 2.24) is 25.1 Å². The molecule has 126 valence electrons. The summed E-state index contributed by atoms with van der Waals surface area (Å²) in [5.41, 5.74) is 3.56. The van der Waals surface area contributed by atoms with Gasteiger partial charge < -0.3 is 10.3 Å². The van der Waals surface area contributed by atoms with E-state index in [9.17, 15) is 4.79 Å². The molecule has 0 fully saturated rings. The van der Waals surface area contributed by atoms with Gasteiger partial charge in [0.15, 0.2) is 5.65 Å². The van der Waals surface area contributed by atoms with Crippen molar-refractivity contribution in [2.45, 2.75) is 6.42 Å². The van der Waals surface area contributed by atoms with Crippen LogP contribution in [0.5, 0.6) is 0 Å². The summed E-state index contributed by atoms with van der Waals surface area (Å²) in [5.74, 6) is -0.128. The first kappa shape index (κ1) is 15.8. The lowest BCUT2D eigenvalue weighted by atomic mass is 10.1. The molecule has 0 bridgehead atoms. The van der Waals surface area contributed by atoms with Crippen molar-refractivity contribution in [3.8, 4) is 0 Å². The first-order valence-corrected chi connectivity index (χ1v) is 8.73. The third-order valence-corrected chi connectivity index (χ3v) is 4.91. The van der Waals surface area contributed by atoms with Crippen LogP contribution in [0.2, 0.25) is 0 Å². The molecule has 0 saturated heterocycles. The maximum absolute atomic E-state index is 12.4. The Balaban J connectivity index is 1.46. The number of hydrogen-bond acceptors (Lipinski definition) is 3. The van der Waals surface area contributed by atoms with Crippen molar-refractivity contribution in [2.24, 2.45) is 7.05 Å². The highest BCUT2D eigenvalue weighted by Gasteiger charge is 2.10. The van der Waals surface area contributed by atoms with Crippen molar-refractivity contribution < 1.29 is 4.79 Å². The summed E-state index contributed by atoms with van der Waals surface area (Å²) in [5, 5.41) is 9.12. The second-order valence-electron chi connectivity index (χ2n) is 5.89. The molecular weight excluding hydrogens is 382 g/mol. The van der Waals surface area contributed by atoms with Crippen LogP contribution in [0.25, 0.3) is 21.9 Å². The summed E-state index contributed by atoms with van der Waals surface area (Å²) < 4.78 is 2.74. The minimum Gasteiger partial charge on any atom is -0.361 e. The molecule has 0 aliphatic carbocycles. The van der Waals surface area contributed by atoms with Gasteiger partial charge in [0, 0.05) is 46.7 Å². The smallest absolute Gasteiger partial charge is 0.252 e. The maximum Gasteiger partial charge on any atom is 0.252 e. The third kappa shape index (κ3) is 2.91. The van der Waals surface area contributed by atoms with E-state index in [-0.39, 0.29) is 5.91 Å². The number of aryl methyl sites for hydroxylation is 1. The fourth-order valence-electron chi connectivity index (χ4n) is 2.99. The summed E-state index contributed by atoms with van der Waals surface area (Å²) in [4.78, 5) is 19.9. The molecule has 25 heavy (non-hydrogen) atoms. The summed E-state index contributed by atoms with van der Waals surface area (Å²) >= 11 is 3.59. The van der Waals surface area contributed by atoms with E-state index in [2.05, 4.69) is 36.3 Å². The topological polar surface area (TPSA) is 75.6 Å². The largest absolute Gasteiger partial charge is 0.361 e. The van der Waals surface area contributed by atoms with E-state index in [1.165, 1.54) is 5.56 Å². The molecule has 1 amide bonds. The summed E-state index contributed by atoms with van der Waals surface area (Å²) in [6, 6.07) is 7.87. The molecule has 0 atom stereocenters. The van der Waals surface area contributed by atoms with Crippen LogP contribution in [-0.2, 0) is 13.5 Å². The van der Waals surface area contributed by atoms with Gasteiger partial charge in [0.25, 0.3) is 5.91 Å².